The summed E-state index contributed by atoms with van der Waals surface area (Å²) in [5, 5.41) is 8.79. The minimum atomic E-state index is -0.711. The number of rotatable bonds is 35. The third-order valence-electron chi connectivity index (χ3n) is 8.74. The molecule has 0 heterocycles. The number of carbonyl (C=O) groups excluding carboxylic acids is 1. The van der Waals surface area contributed by atoms with Crippen LogP contribution in [0.4, 0.5) is 0 Å². The molecule has 0 aliphatic rings. The normalized spacial score (nSPS) is 12.2. The molecule has 0 aromatic heterocycles. The second kappa shape index (κ2) is 35.2. The third-order valence-corrected chi connectivity index (χ3v) is 8.74. The smallest absolute Gasteiger partial charge is 0.306 e. The fourth-order valence-corrected chi connectivity index (χ4v) is 5.89. The molecular formula is C39H74O4. The molecule has 4 nitrogen and oxygen atoms in total. The van der Waals surface area contributed by atoms with Crippen LogP contribution in [-0.2, 0) is 14.3 Å². The Morgan fingerprint density at radius 3 is 1.26 bits per heavy atom. The van der Waals surface area contributed by atoms with Crippen molar-refractivity contribution in [3.8, 4) is 0 Å². The molecule has 0 aliphatic heterocycles. The van der Waals surface area contributed by atoms with Gasteiger partial charge in [-0.15, -0.1) is 0 Å². The molecule has 0 rings (SSSR count). The van der Waals surface area contributed by atoms with E-state index in [-0.39, 0.29) is 18.5 Å². The second-order valence-corrected chi connectivity index (χ2v) is 13.1. The standard InChI is InChI=1S/C39H74O4/c1-3-5-7-9-10-11-12-13-14-15-16-17-18-19-20-21-22-23-24-26-32-36-39(42)43-37(33-29-25-8-6-4-2)34-30-27-28-31-35-38(40)41/h13-14,37H,3-12,15-36H2,1-2H3,(H,40,41)/b14-13-. The van der Waals surface area contributed by atoms with Crippen LogP contribution in [0.15, 0.2) is 12.2 Å². The van der Waals surface area contributed by atoms with Crippen molar-refractivity contribution in [2.24, 2.45) is 0 Å². The maximum absolute atomic E-state index is 12.5. The van der Waals surface area contributed by atoms with Crippen LogP contribution < -0.4 is 0 Å². The van der Waals surface area contributed by atoms with Crippen molar-refractivity contribution in [1.82, 2.24) is 0 Å². The van der Waals surface area contributed by atoms with Crippen LogP contribution in [0.2, 0.25) is 0 Å². The van der Waals surface area contributed by atoms with Gasteiger partial charge in [0.25, 0.3) is 0 Å². The van der Waals surface area contributed by atoms with Gasteiger partial charge in [0, 0.05) is 12.8 Å². The highest BCUT2D eigenvalue weighted by Gasteiger charge is 2.14. The number of allylic oxidation sites excluding steroid dienone is 2. The van der Waals surface area contributed by atoms with Crippen molar-refractivity contribution >= 4 is 11.9 Å². The van der Waals surface area contributed by atoms with Crippen LogP contribution in [-0.4, -0.2) is 23.1 Å². The molecule has 0 spiro atoms. The summed E-state index contributed by atoms with van der Waals surface area (Å²) in [6.07, 6.45) is 42.5. The maximum atomic E-state index is 12.5. The van der Waals surface area contributed by atoms with Crippen molar-refractivity contribution in [3.63, 3.8) is 0 Å². The van der Waals surface area contributed by atoms with Gasteiger partial charge < -0.3 is 9.84 Å². The summed E-state index contributed by atoms with van der Waals surface area (Å²) in [7, 11) is 0. The van der Waals surface area contributed by atoms with Crippen molar-refractivity contribution in [1.29, 1.82) is 0 Å². The number of carboxylic acids is 1. The van der Waals surface area contributed by atoms with E-state index in [1.165, 1.54) is 135 Å². The number of ether oxygens (including phenoxy) is 1. The van der Waals surface area contributed by atoms with Gasteiger partial charge in [0.2, 0.25) is 0 Å². The first-order valence-corrected chi connectivity index (χ1v) is 19.2. The number of carbonyl (C=O) groups is 2. The van der Waals surface area contributed by atoms with Gasteiger partial charge in [-0.3, -0.25) is 9.59 Å². The lowest BCUT2D eigenvalue weighted by Crippen LogP contribution is -2.18. The number of aliphatic carboxylic acids is 1. The lowest BCUT2D eigenvalue weighted by molar-refractivity contribution is -0.150. The molecule has 1 unspecified atom stereocenters. The summed E-state index contributed by atoms with van der Waals surface area (Å²) < 4.78 is 5.91. The average Bonchev–Trinajstić information content (AvgIpc) is 2.99. The first-order valence-electron chi connectivity index (χ1n) is 19.2. The number of hydrogen-bond acceptors (Lipinski definition) is 3. The molecule has 0 saturated heterocycles. The summed E-state index contributed by atoms with van der Waals surface area (Å²) in [4.78, 5) is 23.2. The van der Waals surface area contributed by atoms with E-state index in [1.807, 2.05) is 0 Å². The number of esters is 1. The van der Waals surface area contributed by atoms with Gasteiger partial charge in [-0.25, -0.2) is 0 Å². The van der Waals surface area contributed by atoms with Gasteiger partial charge in [-0.1, -0.05) is 154 Å². The Hall–Kier alpha value is -1.32. The molecule has 1 N–H and O–H groups in total. The summed E-state index contributed by atoms with van der Waals surface area (Å²) in [5.41, 5.74) is 0. The van der Waals surface area contributed by atoms with Gasteiger partial charge in [-0.05, 0) is 64.2 Å². The van der Waals surface area contributed by atoms with E-state index in [0.29, 0.717) is 6.42 Å². The molecule has 43 heavy (non-hydrogen) atoms. The van der Waals surface area contributed by atoms with E-state index in [9.17, 15) is 9.59 Å². The van der Waals surface area contributed by atoms with Gasteiger partial charge in [-0.2, -0.15) is 0 Å². The Labute approximate surface area is 268 Å². The Morgan fingerprint density at radius 2 is 0.837 bits per heavy atom. The zero-order valence-corrected chi connectivity index (χ0v) is 29.0. The van der Waals surface area contributed by atoms with Gasteiger partial charge in [0.15, 0.2) is 0 Å². The first kappa shape index (κ1) is 41.7. The molecule has 0 aliphatic carbocycles. The molecule has 0 aromatic rings. The predicted octanol–water partition coefficient (Wildman–Crippen LogP) is 13.1. The highest BCUT2D eigenvalue weighted by Crippen LogP contribution is 2.18. The van der Waals surface area contributed by atoms with Crippen molar-refractivity contribution in [3.05, 3.63) is 12.2 Å². The summed E-state index contributed by atoms with van der Waals surface area (Å²) >= 11 is 0. The molecule has 4 heteroatoms. The molecule has 0 fully saturated rings. The van der Waals surface area contributed by atoms with Gasteiger partial charge in [0.05, 0.1) is 0 Å². The number of unbranched alkanes of at least 4 members (excludes halogenated alkanes) is 24. The monoisotopic (exact) mass is 607 g/mol. The minimum absolute atomic E-state index is 0.0160. The zero-order chi connectivity index (χ0) is 31.5. The van der Waals surface area contributed by atoms with Crippen molar-refractivity contribution in [2.75, 3.05) is 0 Å². The lowest BCUT2D eigenvalue weighted by atomic mass is 10.0. The number of hydrogen-bond donors (Lipinski definition) is 1. The Kier molecular flexibility index (Phi) is 34.1. The van der Waals surface area contributed by atoms with E-state index >= 15 is 0 Å². The summed E-state index contributed by atoms with van der Waals surface area (Å²) in [5.74, 6) is -0.727. The van der Waals surface area contributed by atoms with E-state index in [0.717, 1.165) is 57.8 Å². The highest BCUT2D eigenvalue weighted by atomic mass is 16.5. The molecule has 1 atom stereocenters. The quantitative estimate of drug-likeness (QED) is 0.0443. The van der Waals surface area contributed by atoms with Crippen molar-refractivity contribution in [2.45, 2.75) is 225 Å². The maximum Gasteiger partial charge on any atom is 0.306 e. The van der Waals surface area contributed by atoms with Crippen LogP contribution >= 0.6 is 0 Å². The molecule has 0 radical (unpaired) electrons. The number of carboxylic acid groups (broad SMARTS) is 1. The molecule has 0 bridgehead atoms. The molecule has 254 valence electrons. The van der Waals surface area contributed by atoms with E-state index in [2.05, 4.69) is 26.0 Å². The fourth-order valence-electron chi connectivity index (χ4n) is 5.89. The largest absolute Gasteiger partial charge is 0.481 e. The Morgan fingerprint density at radius 1 is 0.488 bits per heavy atom. The van der Waals surface area contributed by atoms with Crippen LogP contribution in [0, 0.1) is 0 Å². The Bertz CT molecular complexity index is 614. The molecule has 0 amide bonds. The highest BCUT2D eigenvalue weighted by molar-refractivity contribution is 5.69. The Balaban J connectivity index is 3.68. The van der Waals surface area contributed by atoms with Crippen LogP contribution in [0.3, 0.4) is 0 Å². The van der Waals surface area contributed by atoms with Crippen molar-refractivity contribution < 1.29 is 19.4 Å². The zero-order valence-electron chi connectivity index (χ0n) is 29.0. The predicted molar refractivity (Wildman–Crippen MR) is 186 cm³/mol. The average molecular weight is 607 g/mol. The molecular weight excluding hydrogens is 532 g/mol. The lowest BCUT2D eigenvalue weighted by Gasteiger charge is -2.18. The minimum Gasteiger partial charge on any atom is -0.481 e. The third kappa shape index (κ3) is 35.0. The van der Waals surface area contributed by atoms with Crippen LogP contribution in [0.25, 0.3) is 0 Å². The van der Waals surface area contributed by atoms with E-state index < -0.39 is 5.97 Å². The second-order valence-electron chi connectivity index (χ2n) is 13.1. The van der Waals surface area contributed by atoms with Crippen LogP contribution in [0.1, 0.15) is 219 Å². The summed E-state index contributed by atoms with van der Waals surface area (Å²) in [6, 6.07) is 0. The SMILES string of the molecule is CCCCCCCC/C=C\CCCCCCCCCCCCCC(=O)OC(CCCCCCC)CCCCCCC(=O)O. The van der Waals surface area contributed by atoms with E-state index in [1.54, 1.807) is 0 Å². The van der Waals surface area contributed by atoms with E-state index in [4.69, 9.17) is 9.84 Å². The first-order chi connectivity index (χ1) is 21.1. The van der Waals surface area contributed by atoms with Gasteiger partial charge >= 0.3 is 11.9 Å². The summed E-state index contributed by atoms with van der Waals surface area (Å²) in [6.45, 7) is 4.51. The van der Waals surface area contributed by atoms with Crippen LogP contribution in [0.5, 0.6) is 0 Å². The molecule has 0 aromatic carbocycles. The molecule has 0 saturated carbocycles. The van der Waals surface area contributed by atoms with Gasteiger partial charge in [0.1, 0.15) is 6.10 Å². The topological polar surface area (TPSA) is 63.6 Å². The fraction of sp³-hybridized carbons (Fsp3) is 0.897.